The van der Waals surface area contributed by atoms with Crippen molar-refractivity contribution in [2.45, 2.75) is 51.5 Å². The zero-order chi connectivity index (χ0) is 16.4. The maximum Gasteiger partial charge on any atom is 0.244 e. The summed E-state index contributed by atoms with van der Waals surface area (Å²) >= 11 is 0. The van der Waals surface area contributed by atoms with E-state index in [9.17, 15) is 4.79 Å². The van der Waals surface area contributed by atoms with Gasteiger partial charge in [0.15, 0.2) is 0 Å². The first-order valence-corrected chi connectivity index (χ1v) is 8.53. The molecule has 2 fully saturated rings. The van der Waals surface area contributed by atoms with E-state index in [1.54, 1.807) is 0 Å². The Balaban J connectivity index is 1.59. The van der Waals surface area contributed by atoms with Gasteiger partial charge in [0.05, 0.1) is 18.3 Å². The van der Waals surface area contributed by atoms with Gasteiger partial charge in [-0.2, -0.15) is 0 Å². The average molecular weight is 321 g/mol. The molecule has 0 bridgehead atoms. The highest BCUT2D eigenvalue weighted by Gasteiger charge is 2.33. The van der Waals surface area contributed by atoms with Crippen LogP contribution in [0, 0.1) is 5.92 Å². The molecule has 23 heavy (non-hydrogen) atoms. The molecule has 1 aromatic rings. The molecule has 1 N–H and O–H groups in total. The molecule has 2 saturated heterocycles. The molecule has 1 unspecified atom stereocenters. The van der Waals surface area contributed by atoms with Crippen LogP contribution in [0.3, 0.4) is 0 Å². The molecule has 2 aliphatic rings. The number of hydrogen-bond acceptors (Lipinski definition) is 5. The molecule has 0 aromatic carbocycles. The van der Waals surface area contributed by atoms with E-state index in [0.29, 0.717) is 11.8 Å². The van der Waals surface area contributed by atoms with Crippen LogP contribution in [-0.2, 0) is 14.9 Å². The van der Waals surface area contributed by atoms with Gasteiger partial charge < -0.3 is 9.26 Å². The molecule has 1 amide bonds. The van der Waals surface area contributed by atoms with E-state index in [1.165, 1.54) is 0 Å². The van der Waals surface area contributed by atoms with Gasteiger partial charge in [-0.3, -0.25) is 15.0 Å². The first-order chi connectivity index (χ1) is 10.9. The molecule has 2 atom stereocenters. The van der Waals surface area contributed by atoms with Gasteiger partial charge in [-0.25, -0.2) is 0 Å². The van der Waals surface area contributed by atoms with E-state index in [4.69, 9.17) is 9.26 Å². The monoisotopic (exact) mass is 321 g/mol. The summed E-state index contributed by atoms with van der Waals surface area (Å²) in [6.45, 7) is 9.81. The Morgan fingerprint density at radius 2 is 2.26 bits per heavy atom. The van der Waals surface area contributed by atoms with Crippen LogP contribution in [0.25, 0.3) is 0 Å². The van der Waals surface area contributed by atoms with E-state index >= 15 is 0 Å². The molecule has 3 heterocycles. The lowest BCUT2D eigenvalue weighted by atomic mass is 9.92. The van der Waals surface area contributed by atoms with Gasteiger partial charge in [0.1, 0.15) is 0 Å². The van der Waals surface area contributed by atoms with Gasteiger partial charge in [0.2, 0.25) is 11.8 Å². The third kappa shape index (κ3) is 3.93. The summed E-state index contributed by atoms with van der Waals surface area (Å²) in [7, 11) is 0. The number of carbonyl (C=O) groups is 1. The highest BCUT2D eigenvalue weighted by atomic mass is 16.5. The van der Waals surface area contributed by atoms with Crippen LogP contribution >= 0.6 is 0 Å². The summed E-state index contributed by atoms with van der Waals surface area (Å²) in [5.41, 5.74) is 0.758. The summed E-state index contributed by atoms with van der Waals surface area (Å²) in [5, 5.41) is 6.94. The SMILES string of the molecule is CC(C)(C)c1cc(NC(=O)[C@@H]2CCCN2CC2CCOC2)on1. The second kappa shape index (κ2) is 6.61. The van der Waals surface area contributed by atoms with Gasteiger partial charge >= 0.3 is 0 Å². The first kappa shape index (κ1) is 16.5. The predicted molar refractivity (Wildman–Crippen MR) is 87.4 cm³/mol. The molecule has 0 aliphatic carbocycles. The van der Waals surface area contributed by atoms with Crippen LogP contribution in [0.4, 0.5) is 5.88 Å². The summed E-state index contributed by atoms with van der Waals surface area (Å²) in [6, 6.07) is 1.75. The number of amides is 1. The van der Waals surface area contributed by atoms with E-state index in [0.717, 1.165) is 51.3 Å². The van der Waals surface area contributed by atoms with E-state index < -0.39 is 0 Å². The lowest BCUT2D eigenvalue weighted by molar-refractivity contribution is -0.120. The molecule has 6 nitrogen and oxygen atoms in total. The summed E-state index contributed by atoms with van der Waals surface area (Å²) in [4.78, 5) is 14.9. The molecular formula is C17H27N3O3. The number of carbonyl (C=O) groups excluding carboxylic acids is 1. The van der Waals surface area contributed by atoms with Crippen LogP contribution in [0.1, 0.15) is 45.7 Å². The minimum Gasteiger partial charge on any atom is -0.381 e. The van der Waals surface area contributed by atoms with Crippen LogP contribution in [0.15, 0.2) is 10.6 Å². The molecule has 1 aromatic heterocycles. The quantitative estimate of drug-likeness (QED) is 0.922. The highest BCUT2D eigenvalue weighted by Crippen LogP contribution is 2.26. The fourth-order valence-corrected chi connectivity index (χ4v) is 3.29. The van der Waals surface area contributed by atoms with E-state index in [2.05, 4.69) is 36.1 Å². The molecule has 3 rings (SSSR count). The van der Waals surface area contributed by atoms with Gasteiger partial charge in [0, 0.05) is 24.6 Å². The van der Waals surface area contributed by atoms with Crippen molar-refractivity contribution in [3.05, 3.63) is 11.8 Å². The Hall–Kier alpha value is -1.40. The fourth-order valence-electron chi connectivity index (χ4n) is 3.29. The smallest absolute Gasteiger partial charge is 0.244 e. The van der Waals surface area contributed by atoms with Gasteiger partial charge in [-0.15, -0.1) is 0 Å². The van der Waals surface area contributed by atoms with Crippen molar-refractivity contribution >= 4 is 11.8 Å². The Morgan fingerprint density at radius 3 is 2.91 bits per heavy atom. The van der Waals surface area contributed by atoms with Crippen molar-refractivity contribution in [1.29, 1.82) is 0 Å². The molecule has 2 aliphatic heterocycles. The van der Waals surface area contributed by atoms with Crippen LogP contribution in [-0.4, -0.2) is 48.3 Å². The number of nitrogens with zero attached hydrogens (tertiary/aromatic N) is 2. The largest absolute Gasteiger partial charge is 0.381 e. The normalized spacial score (nSPS) is 25.9. The second-order valence-electron chi connectivity index (χ2n) is 7.70. The Bertz CT molecular complexity index is 544. The van der Waals surface area contributed by atoms with Gasteiger partial charge in [0.25, 0.3) is 0 Å². The maximum absolute atomic E-state index is 12.6. The van der Waals surface area contributed by atoms with E-state index in [-0.39, 0.29) is 17.4 Å². The highest BCUT2D eigenvalue weighted by molar-refractivity contribution is 5.93. The van der Waals surface area contributed by atoms with Crippen molar-refractivity contribution in [3.63, 3.8) is 0 Å². The van der Waals surface area contributed by atoms with Crippen molar-refractivity contribution in [1.82, 2.24) is 10.1 Å². The number of anilines is 1. The molecule has 128 valence electrons. The zero-order valence-electron chi connectivity index (χ0n) is 14.3. The zero-order valence-corrected chi connectivity index (χ0v) is 14.3. The molecule has 0 radical (unpaired) electrons. The predicted octanol–water partition coefficient (Wildman–Crippen LogP) is 2.41. The lowest BCUT2D eigenvalue weighted by Gasteiger charge is -2.25. The number of rotatable bonds is 4. The summed E-state index contributed by atoms with van der Waals surface area (Å²) in [6.07, 6.45) is 3.07. The molecule has 0 spiro atoms. The molecule has 0 saturated carbocycles. The Kier molecular flexibility index (Phi) is 4.73. The molecular weight excluding hydrogens is 294 g/mol. The summed E-state index contributed by atoms with van der Waals surface area (Å²) in [5.74, 6) is 1.01. The van der Waals surface area contributed by atoms with Crippen molar-refractivity contribution < 1.29 is 14.1 Å². The minimum atomic E-state index is -0.0889. The van der Waals surface area contributed by atoms with Gasteiger partial charge in [-0.1, -0.05) is 25.9 Å². The standard InChI is InChI=1S/C17H27N3O3/c1-17(2,3)14-9-15(23-19-14)18-16(21)13-5-4-7-20(13)10-12-6-8-22-11-12/h9,12-13H,4-8,10-11H2,1-3H3,(H,18,21)/t12?,13-/m0/s1. The number of aromatic nitrogens is 1. The number of hydrogen-bond donors (Lipinski definition) is 1. The second-order valence-corrected chi connectivity index (χ2v) is 7.70. The van der Waals surface area contributed by atoms with Crippen molar-refractivity contribution in [3.8, 4) is 0 Å². The first-order valence-electron chi connectivity index (χ1n) is 8.53. The third-order valence-corrected chi connectivity index (χ3v) is 4.71. The fraction of sp³-hybridized carbons (Fsp3) is 0.765. The minimum absolute atomic E-state index is 0.0121. The number of nitrogens with one attached hydrogen (secondary N) is 1. The average Bonchev–Trinajstić information content (AvgIpc) is 3.18. The van der Waals surface area contributed by atoms with Crippen molar-refractivity contribution in [2.24, 2.45) is 5.92 Å². The third-order valence-electron chi connectivity index (χ3n) is 4.71. The number of likely N-dealkylation sites (tertiary alicyclic amines) is 1. The summed E-state index contributed by atoms with van der Waals surface area (Å²) < 4.78 is 10.7. The lowest BCUT2D eigenvalue weighted by Crippen LogP contribution is -2.42. The van der Waals surface area contributed by atoms with Crippen LogP contribution in [0.5, 0.6) is 0 Å². The maximum atomic E-state index is 12.6. The van der Waals surface area contributed by atoms with Crippen LogP contribution < -0.4 is 5.32 Å². The van der Waals surface area contributed by atoms with Crippen molar-refractivity contribution in [2.75, 3.05) is 31.6 Å². The molecule has 6 heteroatoms. The van der Waals surface area contributed by atoms with E-state index in [1.807, 2.05) is 6.07 Å². The topological polar surface area (TPSA) is 67.6 Å². The van der Waals surface area contributed by atoms with Crippen LogP contribution in [0.2, 0.25) is 0 Å². The number of ether oxygens (including phenoxy) is 1. The van der Waals surface area contributed by atoms with Gasteiger partial charge in [-0.05, 0) is 31.7 Å². The Labute approximate surface area is 137 Å². The Morgan fingerprint density at radius 1 is 1.43 bits per heavy atom.